The van der Waals surface area contributed by atoms with Gasteiger partial charge in [0, 0.05) is 18.9 Å². The third kappa shape index (κ3) is 2.35. The van der Waals surface area contributed by atoms with E-state index in [1.165, 1.54) is 6.20 Å². The van der Waals surface area contributed by atoms with Gasteiger partial charge in [0.1, 0.15) is 5.69 Å². The first-order chi connectivity index (χ1) is 8.22. The number of nitrogens with zero attached hydrogens (tertiary/aromatic N) is 5. The first-order valence-electron chi connectivity index (χ1n) is 5.44. The molecule has 2 aromatic rings. The minimum atomic E-state index is -0.247. The van der Waals surface area contributed by atoms with Crippen molar-refractivity contribution in [1.82, 2.24) is 25.0 Å². The molecule has 0 aromatic carbocycles. The summed E-state index contributed by atoms with van der Waals surface area (Å²) >= 11 is 0. The van der Waals surface area contributed by atoms with Crippen molar-refractivity contribution < 1.29 is 4.79 Å². The average Bonchev–Trinajstić information content (AvgIpc) is 2.78. The molecule has 0 bridgehead atoms. The lowest BCUT2D eigenvalue weighted by atomic mass is 10.2. The van der Waals surface area contributed by atoms with Crippen molar-refractivity contribution in [3.8, 4) is 0 Å². The van der Waals surface area contributed by atoms with Gasteiger partial charge in [0.25, 0.3) is 0 Å². The maximum Gasteiger partial charge on any atom is 0.249 e. The molecule has 2 aromatic heterocycles. The molecule has 0 atom stereocenters. The van der Waals surface area contributed by atoms with Gasteiger partial charge < -0.3 is 0 Å². The van der Waals surface area contributed by atoms with E-state index in [1.54, 1.807) is 17.1 Å². The van der Waals surface area contributed by atoms with E-state index in [2.05, 4.69) is 20.3 Å². The number of ketones is 1. The molecule has 17 heavy (non-hydrogen) atoms. The summed E-state index contributed by atoms with van der Waals surface area (Å²) in [7, 11) is 0. The SMILES string of the molecule is CCCn1nncc1C(=O)c1ncc(C)cn1. The van der Waals surface area contributed by atoms with Gasteiger partial charge in [-0.2, -0.15) is 0 Å². The number of rotatable bonds is 4. The van der Waals surface area contributed by atoms with E-state index in [-0.39, 0.29) is 11.6 Å². The van der Waals surface area contributed by atoms with Crippen LogP contribution in [0.3, 0.4) is 0 Å². The van der Waals surface area contributed by atoms with E-state index >= 15 is 0 Å². The van der Waals surface area contributed by atoms with Gasteiger partial charge in [-0.15, -0.1) is 5.10 Å². The molecular weight excluding hydrogens is 218 g/mol. The third-order valence-electron chi connectivity index (χ3n) is 2.27. The lowest BCUT2D eigenvalue weighted by Gasteiger charge is -2.02. The van der Waals surface area contributed by atoms with Crippen molar-refractivity contribution in [2.24, 2.45) is 0 Å². The maximum atomic E-state index is 12.1. The Bertz CT molecular complexity index is 517. The largest absolute Gasteiger partial charge is 0.283 e. The van der Waals surface area contributed by atoms with Crippen LogP contribution in [0.2, 0.25) is 0 Å². The van der Waals surface area contributed by atoms with E-state index in [1.807, 2.05) is 13.8 Å². The molecule has 0 unspecified atom stereocenters. The molecule has 0 N–H and O–H groups in total. The molecule has 0 saturated heterocycles. The Morgan fingerprint density at radius 1 is 1.29 bits per heavy atom. The van der Waals surface area contributed by atoms with Gasteiger partial charge in [0.05, 0.1) is 6.20 Å². The lowest BCUT2D eigenvalue weighted by Crippen LogP contribution is -2.14. The zero-order chi connectivity index (χ0) is 12.3. The minimum absolute atomic E-state index is 0.176. The van der Waals surface area contributed by atoms with Gasteiger partial charge in [-0.3, -0.25) is 4.79 Å². The van der Waals surface area contributed by atoms with Crippen molar-refractivity contribution in [3.05, 3.63) is 35.7 Å². The molecule has 0 spiro atoms. The first kappa shape index (κ1) is 11.4. The van der Waals surface area contributed by atoms with Crippen LogP contribution in [0.25, 0.3) is 0 Å². The fourth-order valence-electron chi connectivity index (χ4n) is 1.43. The highest BCUT2D eigenvalue weighted by atomic mass is 16.1. The summed E-state index contributed by atoms with van der Waals surface area (Å²) in [6.45, 7) is 4.54. The third-order valence-corrected chi connectivity index (χ3v) is 2.27. The van der Waals surface area contributed by atoms with Crippen LogP contribution in [0.1, 0.15) is 35.2 Å². The molecular formula is C11H13N5O. The molecule has 6 nitrogen and oxygen atoms in total. The molecule has 88 valence electrons. The number of hydrogen-bond acceptors (Lipinski definition) is 5. The van der Waals surface area contributed by atoms with Crippen molar-refractivity contribution in [2.45, 2.75) is 26.8 Å². The smallest absolute Gasteiger partial charge is 0.249 e. The van der Waals surface area contributed by atoms with Gasteiger partial charge in [0.15, 0.2) is 0 Å². The van der Waals surface area contributed by atoms with Crippen LogP contribution < -0.4 is 0 Å². The van der Waals surface area contributed by atoms with Crippen molar-refractivity contribution in [3.63, 3.8) is 0 Å². The van der Waals surface area contributed by atoms with Crippen molar-refractivity contribution >= 4 is 5.78 Å². The topological polar surface area (TPSA) is 73.6 Å². The average molecular weight is 231 g/mol. The molecule has 6 heteroatoms. The van der Waals surface area contributed by atoms with E-state index in [0.29, 0.717) is 12.2 Å². The van der Waals surface area contributed by atoms with Crippen LogP contribution in [-0.4, -0.2) is 30.7 Å². The summed E-state index contributed by atoms with van der Waals surface area (Å²) < 4.78 is 1.57. The molecule has 0 amide bonds. The molecule has 2 rings (SSSR count). The molecule has 2 heterocycles. The summed E-state index contributed by atoms with van der Waals surface area (Å²) in [6.07, 6.45) is 5.57. The van der Waals surface area contributed by atoms with Gasteiger partial charge in [-0.1, -0.05) is 12.1 Å². The van der Waals surface area contributed by atoms with Gasteiger partial charge in [-0.25, -0.2) is 14.6 Å². The zero-order valence-electron chi connectivity index (χ0n) is 9.79. The quantitative estimate of drug-likeness (QED) is 0.734. The first-order valence-corrected chi connectivity index (χ1v) is 5.44. The molecule has 0 aliphatic heterocycles. The van der Waals surface area contributed by atoms with Gasteiger partial charge in [-0.05, 0) is 18.9 Å². The Labute approximate surface area is 98.7 Å². The van der Waals surface area contributed by atoms with E-state index < -0.39 is 0 Å². The minimum Gasteiger partial charge on any atom is -0.283 e. The van der Waals surface area contributed by atoms with Gasteiger partial charge in [0.2, 0.25) is 11.6 Å². The Hall–Kier alpha value is -2.11. The summed E-state index contributed by atoms with van der Waals surface area (Å²) in [4.78, 5) is 20.1. The number of carbonyl (C=O) groups is 1. The Morgan fingerprint density at radius 2 is 2.00 bits per heavy atom. The molecule has 0 radical (unpaired) electrons. The number of hydrogen-bond donors (Lipinski definition) is 0. The summed E-state index contributed by atoms with van der Waals surface area (Å²) in [5.41, 5.74) is 1.34. The molecule has 0 aliphatic carbocycles. The fraction of sp³-hybridized carbons (Fsp3) is 0.364. The highest BCUT2D eigenvalue weighted by Gasteiger charge is 2.17. The maximum absolute atomic E-state index is 12.1. The Balaban J connectivity index is 2.30. The van der Waals surface area contributed by atoms with Crippen molar-refractivity contribution in [2.75, 3.05) is 0 Å². The highest BCUT2D eigenvalue weighted by molar-refractivity contribution is 6.04. The van der Waals surface area contributed by atoms with E-state index in [4.69, 9.17) is 0 Å². The second-order valence-corrected chi connectivity index (χ2v) is 3.76. The normalized spacial score (nSPS) is 10.5. The second kappa shape index (κ2) is 4.82. The van der Waals surface area contributed by atoms with E-state index in [9.17, 15) is 4.79 Å². The number of aryl methyl sites for hydroxylation is 2. The van der Waals surface area contributed by atoms with Crippen LogP contribution in [0.15, 0.2) is 18.6 Å². The molecule has 0 saturated carbocycles. The van der Waals surface area contributed by atoms with Crippen LogP contribution in [0.5, 0.6) is 0 Å². The van der Waals surface area contributed by atoms with Crippen LogP contribution in [0, 0.1) is 6.92 Å². The highest BCUT2D eigenvalue weighted by Crippen LogP contribution is 2.05. The van der Waals surface area contributed by atoms with Gasteiger partial charge >= 0.3 is 0 Å². The van der Waals surface area contributed by atoms with Crippen LogP contribution >= 0.6 is 0 Å². The Morgan fingerprint density at radius 3 is 2.65 bits per heavy atom. The molecule has 0 aliphatic rings. The van der Waals surface area contributed by atoms with E-state index in [0.717, 1.165) is 12.0 Å². The second-order valence-electron chi connectivity index (χ2n) is 3.76. The number of aromatic nitrogens is 5. The standard InChI is InChI=1S/C11H13N5O/c1-3-4-16-9(7-14-15-16)10(17)11-12-5-8(2)6-13-11/h5-7H,3-4H2,1-2H3. The van der Waals surface area contributed by atoms with Crippen LogP contribution in [-0.2, 0) is 6.54 Å². The Kier molecular flexibility index (Phi) is 3.22. The monoisotopic (exact) mass is 231 g/mol. The summed E-state index contributed by atoms with van der Waals surface area (Å²) in [5.74, 6) is -0.0706. The van der Waals surface area contributed by atoms with Crippen molar-refractivity contribution in [1.29, 1.82) is 0 Å². The summed E-state index contributed by atoms with van der Waals surface area (Å²) in [6, 6.07) is 0. The predicted molar refractivity (Wildman–Crippen MR) is 60.5 cm³/mol. The van der Waals surface area contributed by atoms with Crippen LogP contribution in [0.4, 0.5) is 0 Å². The summed E-state index contributed by atoms with van der Waals surface area (Å²) in [5, 5.41) is 7.60. The fourth-order valence-corrected chi connectivity index (χ4v) is 1.43. The zero-order valence-corrected chi connectivity index (χ0v) is 9.79. The number of carbonyl (C=O) groups excluding carboxylic acids is 1. The lowest BCUT2D eigenvalue weighted by molar-refractivity contribution is 0.101. The molecule has 0 fully saturated rings. The predicted octanol–water partition coefficient (Wildman–Crippen LogP) is 1.02.